The van der Waals surface area contributed by atoms with Crippen LogP contribution >= 0.6 is 0 Å². The molecule has 2 aromatic rings. The average Bonchev–Trinajstić information content (AvgIpc) is 2.71. The normalized spacial score (nSPS) is 17.9. The van der Waals surface area contributed by atoms with Gasteiger partial charge in [-0.15, -0.1) is 0 Å². The minimum absolute atomic E-state index is 0.0243. The zero-order chi connectivity index (χ0) is 11.9. The van der Waals surface area contributed by atoms with E-state index in [1.54, 1.807) is 0 Å². The number of hydrogen-bond donors (Lipinski definition) is 1. The van der Waals surface area contributed by atoms with Crippen molar-refractivity contribution in [3.63, 3.8) is 0 Å². The van der Waals surface area contributed by atoms with Crippen molar-refractivity contribution in [1.29, 1.82) is 0 Å². The van der Waals surface area contributed by atoms with Crippen LogP contribution in [0.1, 0.15) is 29.6 Å². The maximum atomic E-state index is 12.4. The first kappa shape index (κ1) is 10.5. The predicted molar refractivity (Wildman–Crippen MR) is 63.9 cm³/mol. The van der Waals surface area contributed by atoms with Crippen LogP contribution in [-0.2, 0) is 0 Å². The van der Waals surface area contributed by atoms with Gasteiger partial charge in [0.25, 0.3) is 0 Å². The van der Waals surface area contributed by atoms with E-state index in [1.165, 1.54) is 6.26 Å². The molecule has 0 aliphatic heterocycles. The van der Waals surface area contributed by atoms with E-state index in [0.29, 0.717) is 5.56 Å². The number of aliphatic hydroxyl groups excluding tert-OH is 1. The van der Waals surface area contributed by atoms with Crippen molar-refractivity contribution in [2.45, 2.75) is 19.3 Å². The molecule has 3 heteroatoms. The van der Waals surface area contributed by atoms with Gasteiger partial charge in [0, 0.05) is 5.39 Å². The molecule has 0 saturated heterocycles. The molecule has 0 unspecified atom stereocenters. The Labute approximate surface area is 99.0 Å². The monoisotopic (exact) mass is 230 g/mol. The van der Waals surface area contributed by atoms with E-state index in [4.69, 9.17) is 4.42 Å². The van der Waals surface area contributed by atoms with Gasteiger partial charge < -0.3 is 9.52 Å². The first-order valence-electron chi connectivity index (χ1n) is 5.89. The Morgan fingerprint density at radius 3 is 2.76 bits per heavy atom. The second-order valence-electron chi connectivity index (χ2n) is 4.77. The van der Waals surface area contributed by atoms with E-state index >= 15 is 0 Å². The van der Waals surface area contributed by atoms with Crippen molar-refractivity contribution in [3.8, 4) is 0 Å². The van der Waals surface area contributed by atoms with E-state index in [2.05, 4.69) is 0 Å². The predicted octanol–water partition coefficient (Wildman–Crippen LogP) is 2.78. The van der Waals surface area contributed by atoms with Crippen LogP contribution in [0.5, 0.6) is 0 Å². The highest BCUT2D eigenvalue weighted by molar-refractivity contribution is 6.10. The van der Waals surface area contributed by atoms with Crippen LogP contribution in [0.3, 0.4) is 0 Å². The molecule has 17 heavy (non-hydrogen) atoms. The van der Waals surface area contributed by atoms with Crippen molar-refractivity contribution >= 4 is 16.8 Å². The molecular weight excluding hydrogens is 216 g/mol. The number of fused-ring (bicyclic) bond motifs is 1. The smallest absolute Gasteiger partial charge is 0.175 e. The lowest BCUT2D eigenvalue weighted by molar-refractivity contribution is 0.0349. The summed E-state index contributed by atoms with van der Waals surface area (Å²) in [7, 11) is 0. The summed E-state index contributed by atoms with van der Waals surface area (Å²) in [6, 6.07) is 7.50. The molecular formula is C14H14O3. The van der Waals surface area contributed by atoms with Gasteiger partial charge >= 0.3 is 0 Å². The highest BCUT2D eigenvalue weighted by atomic mass is 16.3. The topological polar surface area (TPSA) is 50.4 Å². The molecule has 1 heterocycles. The van der Waals surface area contributed by atoms with E-state index in [-0.39, 0.29) is 12.4 Å². The maximum absolute atomic E-state index is 12.4. The highest BCUT2D eigenvalue weighted by Gasteiger charge is 2.44. The van der Waals surface area contributed by atoms with E-state index in [0.717, 1.165) is 30.2 Å². The Hall–Kier alpha value is -1.61. The summed E-state index contributed by atoms with van der Waals surface area (Å²) in [5.74, 6) is 0.0243. The van der Waals surface area contributed by atoms with Gasteiger partial charge in [-0.25, -0.2) is 0 Å². The fraction of sp³-hybridized carbons (Fsp3) is 0.357. The van der Waals surface area contributed by atoms with Crippen molar-refractivity contribution in [1.82, 2.24) is 0 Å². The molecule has 3 nitrogen and oxygen atoms in total. The molecule has 0 spiro atoms. The van der Waals surface area contributed by atoms with Crippen LogP contribution in [0.4, 0.5) is 0 Å². The Morgan fingerprint density at radius 2 is 2.12 bits per heavy atom. The number of aliphatic hydroxyl groups is 1. The number of para-hydroxylation sites is 1. The highest BCUT2D eigenvalue weighted by Crippen LogP contribution is 2.44. The van der Waals surface area contributed by atoms with Gasteiger partial charge in [-0.1, -0.05) is 24.6 Å². The standard InChI is InChI=1S/C14H14O3/c15-9-14(6-3-7-14)13(16)11-8-17-12-5-2-1-4-10(11)12/h1-2,4-5,8,15H,3,6-7,9H2. The molecule has 0 radical (unpaired) electrons. The van der Waals surface area contributed by atoms with Gasteiger partial charge in [-0.05, 0) is 18.9 Å². The van der Waals surface area contributed by atoms with E-state index < -0.39 is 5.41 Å². The first-order chi connectivity index (χ1) is 8.27. The maximum Gasteiger partial charge on any atom is 0.175 e. The molecule has 3 rings (SSSR count). The lowest BCUT2D eigenvalue weighted by Crippen LogP contribution is -2.41. The number of ketones is 1. The van der Waals surface area contributed by atoms with Crippen LogP contribution in [0.15, 0.2) is 34.9 Å². The molecule has 1 aromatic carbocycles. The number of carbonyl (C=O) groups excluding carboxylic acids is 1. The van der Waals surface area contributed by atoms with Gasteiger partial charge in [0.1, 0.15) is 11.8 Å². The number of furan rings is 1. The molecule has 1 saturated carbocycles. The second kappa shape index (κ2) is 3.70. The van der Waals surface area contributed by atoms with Crippen LogP contribution in [0.25, 0.3) is 11.0 Å². The average molecular weight is 230 g/mol. The van der Waals surface area contributed by atoms with Crippen molar-refractivity contribution < 1.29 is 14.3 Å². The summed E-state index contributed by atoms with van der Waals surface area (Å²) in [5.41, 5.74) is 0.782. The summed E-state index contributed by atoms with van der Waals surface area (Å²) in [4.78, 5) is 12.4. The van der Waals surface area contributed by atoms with Crippen molar-refractivity contribution in [3.05, 3.63) is 36.1 Å². The Balaban J connectivity index is 2.07. The van der Waals surface area contributed by atoms with E-state index in [1.807, 2.05) is 24.3 Å². The number of rotatable bonds is 3. The summed E-state index contributed by atoms with van der Waals surface area (Å²) in [6.07, 6.45) is 4.09. The fourth-order valence-electron chi connectivity index (χ4n) is 2.50. The SMILES string of the molecule is O=C(c1coc2ccccc12)C1(CO)CCC1. The number of Topliss-reactive ketones (excluding diaryl/α,β-unsaturated/α-hetero) is 1. The van der Waals surface area contributed by atoms with Crippen LogP contribution in [0.2, 0.25) is 0 Å². The van der Waals surface area contributed by atoms with E-state index in [9.17, 15) is 9.90 Å². The fourth-order valence-corrected chi connectivity index (χ4v) is 2.50. The second-order valence-corrected chi connectivity index (χ2v) is 4.77. The Kier molecular flexibility index (Phi) is 2.30. The molecule has 0 bridgehead atoms. The molecule has 88 valence electrons. The number of hydrogen-bond acceptors (Lipinski definition) is 3. The summed E-state index contributed by atoms with van der Waals surface area (Å²) in [6.45, 7) is -0.0641. The molecule has 1 N–H and O–H groups in total. The largest absolute Gasteiger partial charge is 0.464 e. The zero-order valence-corrected chi connectivity index (χ0v) is 9.48. The molecule has 0 atom stereocenters. The molecule has 0 amide bonds. The molecule has 1 fully saturated rings. The lowest BCUT2D eigenvalue weighted by atomic mass is 9.65. The minimum Gasteiger partial charge on any atom is -0.464 e. The minimum atomic E-state index is -0.549. The van der Waals surface area contributed by atoms with Gasteiger partial charge in [0.05, 0.1) is 17.6 Å². The number of carbonyl (C=O) groups is 1. The third kappa shape index (κ3) is 1.42. The van der Waals surface area contributed by atoms with Crippen molar-refractivity contribution in [2.24, 2.45) is 5.41 Å². The number of benzene rings is 1. The summed E-state index contributed by atoms with van der Waals surface area (Å²) in [5, 5.41) is 10.3. The lowest BCUT2D eigenvalue weighted by Gasteiger charge is -2.38. The Morgan fingerprint density at radius 1 is 1.35 bits per heavy atom. The summed E-state index contributed by atoms with van der Waals surface area (Å²) < 4.78 is 5.38. The van der Waals surface area contributed by atoms with Crippen molar-refractivity contribution in [2.75, 3.05) is 6.61 Å². The zero-order valence-electron chi connectivity index (χ0n) is 9.48. The summed E-state index contributed by atoms with van der Waals surface area (Å²) >= 11 is 0. The van der Waals surface area contributed by atoms with Gasteiger partial charge in [-0.3, -0.25) is 4.79 Å². The van der Waals surface area contributed by atoms with Gasteiger partial charge in [-0.2, -0.15) is 0 Å². The van der Waals surface area contributed by atoms with Crippen LogP contribution in [0, 0.1) is 5.41 Å². The van der Waals surface area contributed by atoms with Crippen LogP contribution < -0.4 is 0 Å². The molecule has 1 aromatic heterocycles. The molecule has 1 aliphatic rings. The van der Waals surface area contributed by atoms with Gasteiger partial charge in [0.15, 0.2) is 5.78 Å². The third-order valence-electron chi connectivity index (χ3n) is 3.82. The first-order valence-corrected chi connectivity index (χ1v) is 5.89. The quantitative estimate of drug-likeness (QED) is 0.825. The molecule has 1 aliphatic carbocycles. The van der Waals surface area contributed by atoms with Gasteiger partial charge in [0.2, 0.25) is 0 Å². The Bertz CT molecular complexity index is 558. The third-order valence-corrected chi connectivity index (χ3v) is 3.82. The van der Waals surface area contributed by atoms with Crippen LogP contribution in [-0.4, -0.2) is 17.5 Å².